The summed E-state index contributed by atoms with van der Waals surface area (Å²) in [6, 6.07) is 14.7. The standard InChI is InChI=1S/C24H26O2S/c1-4-26-23(25)14-12-19-7-5-18(6-8-19)9-10-20-11-13-22-21(17-20)24(2,3)15-16-27-22/h5-8,11,13,17H,4,12,14-16H2,1-3H3. The molecule has 3 rings (SSSR count). The Labute approximate surface area is 166 Å². The number of hydrogen-bond acceptors (Lipinski definition) is 3. The van der Waals surface area contributed by atoms with Gasteiger partial charge in [0.2, 0.25) is 0 Å². The monoisotopic (exact) mass is 378 g/mol. The zero-order valence-corrected chi connectivity index (χ0v) is 17.1. The van der Waals surface area contributed by atoms with Crippen LogP contribution < -0.4 is 0 Å². The Morgan fingerprint density at radius 1 is 1.11 bits per heavy atom. The zero-order chi connectivity index (χ0) is 19.3. The maximum atomic E-state index is 11.4. The molecule has 1 heterocycles. The number of hydrogen-bond donors (Lipinski definition) is 0. The molecule has 0 spiro atoms. The fourth-order valence-corrected chi connectivity index (χ4v) is 4.68. The molecular weight excluding hydrogens is 352 g/mol. The van der Waals surface area contributed by atoms with Crippen molar-refractivity contribution in [3.8, 4) is 11.8 Å². The van der Waals surface area contributed by atoms with Crippen molar-refractivity contribution in [1.82, 2.24) is 0 Å². The first kappa shape index (κ1) is 19.6. The maximum absolute atomic E-state index is 11.4. The Kier molecular flexibility index (Phi) is 6.29. The first-order chi connectivity index (χ1) is 13.0. The molecule has 0 aromatic heterocycles. The summed E-state index contributed by atoms with van der Waals surface area (Å²) < 4.78 is 4.97. The average molecular weight is 379 g/mol. The van der Waals surface area contributed by atoms with E-state index in [-0.39, 0.29) is 11.4 Å². The number of carbonyl (C=O) groups excluding carboxylic acids is 1. The van der Waals surface area contributed by atoms with Crippen LogP contribution in [0.2, 0.25) is 0 Å². The number of carbonyl (C=O) groups is 1. The summed E-state index contributed by atoms with van der Waals surface area (Å²) in [5.74, 6) is 7.61. The van der Waals surface area contributed by atoms with Gasteiger partial charge in [0.15, 0.2) is 0 Å². The molecule has 0 radical (unpaired) electrons. The van der Waals surface area contributed by atoms with E-state index in [1.54, 1.807) is 0 Å². The highest BCUT2D eigenvalue weighted by Crippen LogP contribution is 2.41. The SMILES string of the molecule is CCOC(=O)CCc1ccc(C#Cc2ccc3c(c2)C(C)(C)CCS3)cc1. The van der Waals surface area contributed by atoms with Gasteiger partial charge in [0.05, 0.1) is 6.61 Å². The number of esters is 1. The molecule has 140 valence electrons. The third kappa shape index (κ3) is 5.17. The van der Waals surface area contributed by atoms with Crippen LogP contribution in [-0.2, 0) is 21.4 Å². The highest BCUT2D eigenvalue weighted by molar-refractivity contribution is 7.99. The number of fused-ring (bicyclic) bond motifs is 1. The van der Waals surface area contributed by atoms with Gasteiger partial charge in [-0.2, -0.15) is 0 Å². The van der Waals surface area contributed by atoms with Gasteiger partial charge in [0, 0.05) is 22.4 Å². The molecule has 2 aromatic carbocycles. The molecule has 1 aliphatic heterocycles. The van der Waals surface area contributed by atoms with Gasteiger partial charge in [-0.05, 0) is 72.4 Å². The minimum atomic E-state index is -0.144. The van der Waals surface area contributed by atoms with Gasteiger partial charge in [0.1, 0.15) is 0 Å². The van der Waals surface area contributed by atoms with Gasteiger partial charge in [-0.1, -0.05) is 37.8 Å². The van der Waals surface area contributed by atoms with E-state index in [4.69, 9.17) is 4.74 Å². The molecule has 0 N–H and O–H groups in total. The largest absolute Gasteiger partial charge is 0.466 e. The quantitative estimate of drug-likeness (QED) is 0.529. The van der Waals surface area contributed by atoms with Gasteiger partial charge >= 0.3 is 5.97 Å². The van der Waals surface area contributed by atoms with Crippen LogP contribution in [-0.4, -0.2) is 18.3 Å². The van der Waals surface area contributed by atoms with E-state index in [9.17, 15) is 4.79 Å². The summed E-state index contributed by atoms with van der Waals surface area (Å²) in [4.78, 5) is 12.8. The molecule has 2 aromatic rings. The molecule has 27 heavy (non-hydrogen) atoms. The van der Waals surface area contributed by atoms with Crippen molar-refractivity contribution in [3.63, 3.8) is 0 Å². The summed E-state index contributed by atoms with van der Waals surface area (Å²) >= 11 is 1.94. The van der Waals surface area contributed by atoms with E-state index >= 15 is 0 Å². The van der Waals surface area contributed by atoms with Crippen molar-refractivity contribution in [2.75, 3.05) is 12.4 Å². The predicted octanol–water partition coefficient (Wildman–Crippen LogP) is 5.36. The van der Waals surface area contributed by atoms with Gasteiger partial charge in [-0.3, -0.25) is 4.79 Å². The number of benzene rings is 2. The second-order valence-corrected chi connectivity index (χ2v) is 8.58. The van der Waals surface area contributed by atoms with Gasteiger partial charge in [-0.15, -0.1) is 11.8 Å². The lowest BCUT2D eigenvalue weighted by molar-refractivity contribution is -0.143. The summed E-state index contributed by atoms with van der Waals surface area (Å²) in [5, 5.41) is 0. The van der Waals surface area contributed by atoms with Crippen LogP contribution in [0.3, 0.4) is 0 Å². The third-order valence-electron chi connectivity index (χ3n) is 4.92. The lowest BCUT2D eigenvalue weighted by Crippen LogP contribution is -2.22. The molecule has 0 aliphatic carbocycles. The zero-order valence-electron chi connectivity index (χ0n) is 16.3. The van der Waals surface area contributed by atoms with Crippen molar-refractivity contribution in [2.24, 2.45) is 0 Å². The first-order valence-corrected chi connectivity index (χ1v) is 10.5. The normalized spacial score (nSPS) is 14.6. The summed E-state index contributed by atoms with van der Waals surface area (Å²) in [7, 11) is 0. The topological polar surface area (TPSA) is 26.3 Å². The minimum absolute atomic E-state index is 0.144. The van der Waals surface area contributed by atoms with Crippen molar-refractivity contribution in [1.29, 1.82) is 0 Å². The lowest BCUT2D eigenvalue weighted by Gasteiger charge is -2.32. The molecule has 3 heteroatoms. The van der Waals surface area contributed by atoms with Crippen LogP contribution >= 0.6 is 11.8 Å². The predicted molar refractivity (Wildman–Crippen MR) is 112 cm³/mol. The van der Waals surface area contributed by atoms with Crippen LogP contribution in [0.1, 0.15) is 55.9 Å². The first-order valence-electron chi connectivity index (χ1n) is 9.52. The summed E-state index contributed by atoms with van der Waals surface area (Å²) in [6.45, 7) is 6.90. The van der Waals surface area contributed by atoms with Crippen molar-refractivity contribution >= 4 is 17.7 Å². The molecular formula is C24H26O2S. The Balaban J connectivity index is 1.68. The van der Waals surface area contributed by atoms with Crippen molar-refractivity contribution < 1.29 is 9.53 Å². The molecule has 0 saturated heterocycles. The second-order valence-electron chi connectivity index (χ2n) is 7.45. The molecule has 0 saturated carbocycles. The van der Waals surface area contributed by atoms with Crippen LogP contribution in [0.4, 0.5) is 0 Å². The second kappa shape index (κ2) is 8.67. The van der Waals surface area contributed by atoms with Crippen LogP contribution in [0.25, 0.3) is 0 Å². The Morgan fingerprint density at radius 3 is 2.56 bits per heavy atom. The third-order valence-corrected chi connectivity index (χ3v) is 6.00. The summed E-state index contributed by atoms with van der Waals surface area (Å²) in [6.07, 6.45) is 2.32. The van der Waals surface area contributed by atoms with Crippen molar-refractivity contribution in [3.05, 3.63) is 64.7 Å². The van der Waals surface area contributed by atoms with Crippen LogP contribution in [0.15, 0.2) is 47.4 Å². The smallest absolute Gasteiger partial charge is 0.306 e. The molecule has 2 nitrogen and oxygen atoms in total. The highest BCUT2D eigenvalue weighted by Gasteiger charge is 2.27. The number of thioether (sulfide) groups is 1. The Hall–Kier alpha value is -2.18. The highest BCUT2D eigenvalue weighted by atomic mass is 32.2. The molecule has 0 amide bonds. The van der Waals surface area contributed by atoms with Gasteiger partial charge < -0.3 is 4.74 Å². The van der Waals surface area contributed by atoms with Gasteiger partial charge in [-0.25, -0.2) is 0 Å². The minimum Gasteiger partial charge on any atom is -0.466 e. The Bertz CT molecular complexity index is 869. The molecule has 0 fully saturated rings. The van der Waals surface area contributed by atoms with E-state index in [2.05, 4.69) is 43.9 Å². The molecule has 0 unspecified atom stereocenters. The van der Waals surface area contributed by atoms with E-state index in [0.29, 0.717) is 19.4 Å². The fraction of sp³-hybridized carbons (Fsp3) is 0.375. The van der Waals surface area contributed by atoms with Crippen LogP contribution in [0.5, 0.6) is 0 Å². The average Bonchev–Trinajstić information content (AvgIpc) is 2.66. The Morgan fingerprint density at radius 2 is 1.81 bits per heavy atom. The van der Waals surface area contributed by atoms with Crippen molar-refractivity contribution in [2.45, 2.75) is 50.3 Å². The maximum Gasteiger partial charge on any atom is 0.306 e. The number of ether oxygens (including phenoxy) is 1. The summed E-state index contributed by atoms with van der Waals surface area (Å²) in [5.41, 5.74) is 4.82. The lowest BCUT2D eigenvalue weighted by atomic mass is 9.81. The van der Waals surface area contributed by atoms with E-state index in [1.807, 2.05) is 43.0 Å². The molecule has 0 atom stereocenters. The van der Waals surface area contributed by atoms with E-state index < -0.39 is 0 Å². The molecule has 1 aliphatic rings. The molecule has 0 bridgehead atoms. The van der Waals surface area contributed by atoms with E-state index in [1.165, 1.54) is 22.6 Å². The fourth-order valence-electron chi connectivity index (χ4n) is 3.19. The van der Waals surface area contributed by atoms with E-state index in [0.717, 1.165) is 16.7 Å². The van der Waals surface area contributed by atoms with Gasteiger partial charge in [0.25, 0.3) is 0 Å². The van der Waals surface area contributed by atoms with Crippen LogP contribution in [0, 0.1) is 11.8 Å². The number of aryl methyl sites for hydroxylation is 1. The number of rotatable bonds is 4.